The third kappa shape index (κ3) is 2.48. The molecular formula is C9H18N2O. The zero-order valence-corrected chi connectivity index (χ0v) is 7.68. The molecule has 0 radical (unpaired) electrons. The Morgan fingerprint density at radius 3 is 2.67 bits per heavy atom. The fourth-order valence-corrected chi connectivity index (χ4v) is 1.56. The number of rotatable bonds is 3. The van der Waals surface area contributed by atoms with E-state index in [1.807, 2.05) is 6.92 Å². The van der Waals surface area contributed by atoms with Crippen molar-refractivity contribution < 1.29 is 4.79 Å². The predicted octanol–water partition coefficient (Wildman–Crippen LogP) is 0.782. The van der Waals surface area contributed by atoms with Crippen molar-refractivity contribution in [3.63, 3.8) is 0 Å². The first-order valence-corrected chi connectivity index (χ1v) is 4.80. The van der Waals surface area contributed by atoms with E-state index in [0.29, 0.717) is 6.04 Å². The van der Waals surface area contributed by atoms with Crippen molar-refractivity contribution in [2.75, 3.05) is 0 Å². The largest absolute Gasteiger partial charge is 0.352 e. The molecule has 1 atom stereocenters. The van der Waals surface area contributed by atoms with Crippen LogP contribution in [-0.2, 0) is 4.79 Å². The van der Waals surface area contributed by atoms with Crippen molar-refractivity contribution in [2.45, 2.75) is 51.1 Å². The smallest absolute Gasteiger partial charge is 0.237 e. The summed E-state index contributed by atoms with van der Waals surface area (Å²) in [6.07, 6.45) is 5.46. The molecule has 1 fully saturated rings. The monoisotopic (exact) mass is 170 g/mol. The average Bonchev–Trinajstić information content (AvgIpc) is 2.55. The molecule has 1 aliphatic rings. The van der Waals surface area contributed by atoms with Gasteiger partial charge < -0.3 is 11.1 Å². The second kappa shape index (κ2) is 4.45. The number of carbonyl (C=O) groups is 1. The molecule has 0 aromatic rings. The van der Waals surface area contributed by atoms with Crippen LogP contribution in [0.5, 0.6) is 0 Å². The number of hydrogen-bond donors (Lipinski definition) is 2. The molecule has 1 aliphatic carbocycles. The maximum Gasteiger partial charge on any atom is 0.237 e. The Kier molecular flexibility index (Phi) is 3.53. The molecule has 3 N–H and O–H groups in total. The second-order valence-electron chi connectivity index (χ2n) is 3.50. The Morgan fingerprint density at radius 2 is 2.17 bits per heavy atom. The van der Waals surface area contributed by atoms with Gasteiger partial charge in [-0.1, -0.05) is 19.8 Å². The van der Waals surface area contributed by atoms with Crippen LogP contribution in [0.2, 0.25) is 0 Å². The lowest BCUT2D eigenvalue weighted by Crippen LogP contribution is -2.44. The van der Waals surface area contributed by atoms with E-state index in [2.05, 4.69) is 5.32 Å². The van der Waals surface area contributed by atoms with Crippen LogP contribution < -0.4 is 11.1 Å². The summed E-state index contributed by atoms with van der Waals surface area (Å²) >= 11 is 0. The van der Waals surface area contributed by atoms with Gasteiger partial charge in [-0.15, -0.1) is 0 Å². The predicted molar refractivity (Wildman–Crippen MR) is 48.7 cm³/mol. The highest BCUT2D eigenvalue weighted by atomic mass is 16.2. The summed E-state index contributed by atoms with van der Waals surface area (Å²) in [5.74, 6) is 0.0180. The van der Waals surface area contributed by atoms with Gasteiger partial charge in [0.2, 0.25) is 5.91 Å². The third-order valence-electron chi connectivity index (χ3n) is 2.48. The van der Waals surface area contributed by atoms with Gasteiger partial charge in [0, 0.05) is 6.04 Å². The van der Waals surface area contributed by atoms with Crippen LogP contribution in [0.25, 0.3) is 0 Å². The van der Waals surface area contributed by atoms with Crippen molar-refractivity contribution in [3.05, 3.63) is 0 Å². The van der Waals surface area contributed by atoms with E-state index >= 15 is 0 Å². The first kappa shape index (κ1) is 9.52. The summed E-state index contributed by atoms with van der Waals surface area (Å²) in [4.78, 5) is 11.3. The van der Waals surface area contributed by atoms with Gasteiger partial charge in [0.05, 0.1) is 6.04 Å². The Morgan fingerprint density at radius 1 is 1.58 bits per heavy atom. The SMILES string of the molecule is CCC(N)C(=O)NC1CCCC1. The molecule has 0 saturated heterocycles. The Balaban J connectivity index is 2.25. The average molecular weight is 170 g/mol. The maximum absolute atomic E-state index is 11.3. The minimum absolute atomic E-state index is 0.0180. The molecule has 1 saturated carbocycles. The number of nitrogens with two attached hydrogens (primary N) is 1. The summed E-state index contributed by atoms with van der Waals surface area (Å²) < 4.78 is 0. The third-order valence-corrected chi connectivity index (χ3v) is 2.48. The molecule has 0 spiro atoms. The van der Waals surface area contributed by atoms with Crippen LogP contribution in [0.1, 0.15) is 39.0 Å². The lowest BCUT2D eigenvalue weighted by atomic mass is 10.2. The van der Waals surface area contributed by atoms with Crippen molar-refractivity contribution >= 4 is 5.91 Å². The Bertz CT molecular complexity index is 153. The van der Waals surface area contributed by atoms with E-state index in [1.54, 1.807) is 0 Å². The van der Waals surface area contributed by atoms with Crippen LogP contribution in [0.15, 0.2) is 0 Å². The minimum Gasteiger partial charge on any atom is -0.352 e. The standard InChI is InChI=1S/C9H18N2O/c1-2-8(10)9(12)11-7-5-3-4-6-7/h7-8H,2-6,10H2,1H3,(H,11,12). The van der Waals surface area contributed by atoms with E-state index in [9.17, 15) is 4.79 Å². The first-order valence-electron chi connectivity index (χ1n) is 4.80. The second-order valence-corrected chi connectivity index (χ2v) is 3.50. The number of hydrogen-bond acceptors (Lipinski definition) is 2. The highest BCUT2D eigenvalue weighted by Crippen LogP contribution is 2.17. The molecule has 0 aromatic heterocycles. The summed E-state index contributed by atoms with van der Waals surface area (Å²) in [5, 5.41) is 2.97. The van der Waals surface area contributed by atoms with Gasteiger partial charge in [0.15, 0.2) is 0 Å². The van der Waals surface area contributed by atoms with E-state index in [4.69, 9.17) is 5.73 Å². The number of amides is 1. The zero-order chi connectivity index (χ0) is 8.97. The van der Waals surface area contributed by atoms with Crippen LogP contribution in [0.4, 0.5) is 0 Å². The fraction of sp³-hybridized carbons (Fsp3) is 0.889. The Hall–Kier alpha value is -0.570. The van der Waals surface area contributed by atoms with Gasteiger partial charge in [-0.05, 0) is 19.3 Å². The molecule has 1 unspecified atom stereocenters. The molecule has 1 rings (SSSR count). The highest BCUT2D eigenvalue weighted by Gasteiger charge is 2.19. The topological polar surface area (TPSA) is 55.1 Å². The minimum atomic E-state index is -0.314. The van der Waals surface area contributed by atoms with Crippen molar-refractivity contribution in [3.8, 4) is 0 Å². The van der Waals surface area contributed by atoms with Crippen molar-refractivity contribution in [2.24, 2.45) is 5.73 Å². The summed E-state index contributed by atoms with van der Waals surface area (Å²) in [7, 11) is 0. The van der Waals surface area contributed by atoms with E-state index in [0.717, 1.165) is 19.3 Å². The molecule has 0 aliphatic heterocycles. The number of nitrogens with one attached hydrogen (secondary N) is 1. The first-order chi connectivity index (χ1) is 5.74. The lowest BCUT2D eigenvalue weighted by Gasteiger charge is -2.14. The van der Waals surface area contributed by atoms with Gasteiger partial charge in [0.1, 0.15) is 0 Å². The highest BCUT2D eigenvalue weighted by molar-refractivity contribution is 5.81. The van der Waals surface area contributed by atoms with Crippen molar-refractivity contribution in [1.82, 2.24) is 5.32 Å². The van der Waals surface area contributed by atoms with Crippen LogP contribution in [-0.4, -0.2) is 18.0 Å². The van der Waals surface area contributed by atoms with Gasteiger partial charge >= 0.3 is 0 Å². The zero-order valence-electron chi connectivity index (χ0n) is 7.68. The molecule has 1 amide bonds. The van der Waals surface area contributed by atoms with Crippen LogP contribution >= 0.6 is 0 Å². The molecule has 12 heavy (non-hydrogen) atoms. The van der Waals surface area contributed by atoms with Crippen molar-refractivity contribution in [1.29, 1.82) is 0 Å². The van der Waals surface area contributed by atoms with E-state index in [-0.39, 0.29) is 11.9 Å². The van der Waals surface area contributed by atoms with E-state index < -0.39 is 0 Å². The van der Waals surface area contributed by atoms with E-state index in [1.165, 1.54) is 12.8 Å². The van der Waals surface area contributed by atoms with Gasteiger partial charge in [-0.3, -0.25) is 4.79 Å². The molecule has 3 heteroatoms. The van der Waals surface area contributed by atoms with Gasteiger partial charge in [0.25, 0.3) is 0 Å². The molecular weight excluding hydrogens is 152 g/mol. The van der Waals surface area contributed by atoms with Crippen LogP contribution in [0.3, 0.4) is 0 Å². The van der Waals surface area contributed by atoms with Crippen LogP contribution in [0, 0.1) is 0 Å². The van der Waals surface area contributed by atoms with Gasteiger partial charge in [-0.2, -0.15) is 0 Å². The lowest BCUT2D eigenvalue weighted by molar-refractivity contribution is -0.123. The summed E-state index contributed by atoms with van der Waals surface area (Å²) in [6.45, 7) is 1.93. The fourth-order valence-electron chi connectivity index (χ4n) is 1.56. The normalized spacial score (nSPS) is 20.8. The molecule has 0 aromatic carbocycles. The quantitative estimate of drug-likeness (QED) is 0.657. The number of carbonyl (C=O) groups excluding carboxylic acids is 1. The maximum atomic E-state index is 11.3. The molecule has 0 heterocycles. The molecule has 70 valence electrons. The van der Waals surface area contributed by atoms with Gasteiger partial charge in [-0.25, -0.2) is 0 Å². The summed E-state index contributed by atoms with van der Waals surface area (Å²) in [6, 6.07) is 0.0840. The molecule has 3 nitrogen and oxygen atoms in total. The molecule has 0 bridgehead atoms. The summed E-state index contributed by atoms with van der Waals surface area (Å²) in [5.41, 5.74) is 5.58. The Labute approximate surface area is 73.7 Å².